The second-order valence-electron chi connectivity index (χ2n) is 3.63. The van der Waals surface area contributed by atoms with E-state index in [-0.39, 0.29) is 6.61 Å². The van der Waals surface area contributed by atoms with Gasteiger partial charge in [-0.2, -0.15) is 4.80 Å². The molecular weight excluding hydrogens is 336 g/mol. The van der Waals surface area contributed by atoms with Crippen LogP contribution in [-0.4, -0.2) is 39.9 Å². The highest BCUT2D eigenvalue weighted by Crippen LogP contribution is 2.43. The monoisotopic (exact) mass is 346 g/mol. The molecule has 0 spiro atoms. The third kappa shape index (κ3) is 2.92. The van der Waals surface area contributed by atoms with E-state index in [4.69, 9.17) is 4.74 Å². The normalized spacial score (nSPS) is 10.5. The number of nitrogens with zero attached hydrogens (tertiary/aromatic N) is 4. The molecule has 0 fully saturated rings. The van der Waals surface area contributed by atoms with Crippen molar-refractivity contribution in [2.24, 2.45) is 7.05 Å². The number of methoxy groups -OCH3 is 1. The fourth-order valence-corrected chi connectivity index (χ4v) is 2.93. The fraction of sp³-hybridized carbons (Fsp3) is 0.400. The Morgan fingerprint density at radius 2 is 2.26 bits per heavy atom. The minimum atomic E-state index is -0.445. The summed E-state index contributed by atoms with van der Waals surface area (Å²) in [5, 5.41) is 11.9. The van der Waals surface area contributed by atoms with E-state index in [2.05, 4.69) is 36.1 Å². The molecule has 2 aromatic heterocycles. The summed E-state index contributed by atoms with van der Waals surface area (Å²) in [6.45, 7) is 1.72. The summed E-state index contributed by atoms with van der Waals surface area (Å²) in [4.78, 5) is 13.2. The van der Waals surface area contributed by atoms with Gasteiger partial charge in [0.15, 0.2) is 6.61 Å². The molecule has 0 saturated carbocycles. The van der Waals surface area contributed by atoms with Gasteiger partial charge in [-0.25, -0.2) is 4.79 Å². The van der Waals surface area contributed by atoms with Gasteiger partial charge in [-0.15, -0.1) is 21.5 Å². The highest BCUT2D eigenvalue weighted by molar-refractivity contribution is 9.11. The Kier molecular flexibility index (Phi) is 4.15. The Labute approximate surface area is 121 Å². The molecule has 2 aromatic rings. The summed E-state index contributed by atoms with van der Waals surface area (Å²) in [5.74, 6) is 0.580. The van der Waals surface area contributed by atoms with Crippen molar-refractivity contribution in [3.05, 3.63) is 9.35 Å². The van der Waals surface area contributed by atoms with Crippen molar-refractivity contribution in [1.82, 2.24) is 20.2 Å². The van der Waals surface area contributed by atoms with Crippen LogP contribution >= 0.6 is 27.3 Å². The lowest BCUT2D eigenvalue weighted by Gasteiger charge is -2.05. The molecule has 0 atom stereocenters. The standard InChI is InChI=1S/C10H11BrN4O3S/c1-5-7(18-4-6(16)17-3)8(19-9(5)11)10-12-14-15(2)13-10/h4H2,1-3H3. The van der Waals surface area contributed by atoms with Crippen LogP contribution in [0.1, 0.15) is 5.56 Å². The Balaban J connectivity index is 2.33. The number of carbonyl (C=O) groups excluding carboxylic acids is 1. The first-order valence-electron chi connectivity index (χ1n) is 5.25. The summed E-state index contributed by atoms with van der Waals surface area (Å²) in [6, 6.07) is 0. The SMILES string of the molecule is COC(=O)COc1c(-c2nnn(C)n2)sc(Br)c1C. The molecule has 0 saturated heterocycles. The number of tetrazole rings is 1. The van der Waals surface area contributed by atoms with E-state index in [0.29, 0.717) is 11.6 Å². The van der Waals surface area contributed by atoms with E-state index in [1.54, 1.807) is 7.05 Å². The molecule has 19 heavy (non-hydrogen) atoms. The van der Waals surface area contributed by atoms with Crippen LogP contribution in [-0.2, 0) is 16.6 Å². The lowest BCUT2D eigenvalue weighted by Crippen LogP contribution is -2.13. The quantitative estimate of drug-likeness (QED) is 0.781. The number of thiophene rings is 1. The highest BCUT2D eigenvalue weighted by atomic mass is 79.9. The molecule has 0 aliphatic heterocycles. The van der Waals surface area contributed by atoms with Gasteiger partial charge in [0.2, 0.25) is 5.82 Å². The van der Waals surface area contributed by atoms with Crippen LogP contribution < -0.4 is 4.74 Å². The van der Waals surface area contributed by atoms with Crippen LogP contribution in [0, 0.1) is 6.92 Å². The van der Waals surface area contributed by atoms with Crippen molar-refractivity contribution < 1.29 is 14.3 Å². The van der Waals surface area contributed by atoms with E-state index in [1.165, 1.54) is 23.2 Å². The summed E-state index contributed by atoms with van der Waals surface area (Å²) >= 11 is 4.86. The molecule has 0 amide bonds. The molecule has 7 nitrogen and oxygen atoms in total. The van der Waals surface area contributed by atoms with Crippen LogP contribution in [0.25, 0.3) is 10.7 Å². The van der Waals surface area contributed by atoms with Crippen molar-refractivity contribution >= 4 is 33.2 Å². The van der Waals surface area contributed by atoms with Crippen LogP contribution in [0.5, 0.6) is 5.75 Å². The average molecular weight is 347 g/mol. The first-order valence-corrected chi connectivity index (χ1v) is 6.86. The Morgan fingerprint density at radius 3 is 2.84 bits per heavy atom. The van der Waals surface area contributed by atoms with Gasteiger partial charge in [0.05, 0.1) is 17.9 Å². The second-order valence-corrected chi connectivity index (χ2v) is 5.96. The van der Waals surface area contributed by atoms with Crippen LogP contribution in [0.15, 0.2) is 3.79 Å². The van der Waals surface area contributed by atoms with E-state index < -0.39 is 5.97 Å². The van der Waals surface area contributed by atoms with Gasteiger partial charge >= 0.3 is 5.97 Å². The van der Waals surface area contributed by atoms with E-state index in [9.17, 15) is 4.79 Å². The number of esters is 1. The van der Waals surface area contributed by atoms with Crippen LogP contribution in [0.2, 0.25) is 0 Å². The number of aryl methyl sites for hydroxylation is 1. The Morgan fingerprint density at radius 1 is 1.53 bits per heavy atom. The number of hydrogen-bond donors (Lipinski definition) is 0. The molecule has 0 bridgehead atoms. The lowest BCUT2D eigenvalue weighted by molar-refractivity contribution is -0.142. The molecule has 102 valence electrons. The third-order valence-electron chi connectivity index (χ3n) is 2.31. The number of halogens is 1. The number of carbonyl (C=O) groups is 1. The maximum atomic E-state index is 11.2. The van der Waals surface area contributed by atoms with Gasteiger partial charge in [0.1, 0.15) is 10.6 Å². The zero-order valence-electron chi connectivity index (χ0n) is 10.5. The number of hydrogen-bond acceptors (Lipinski definition) is 7. The predicted octanol–water partition coefficient (Wildman–Crippen LogP) is 1.56. The maximum Gasteiger partial charge on any atom is 0.343 e. The van der Waals surface area contributed by atoms with E-state index >= 15 is 0 Å². The number of aromatic nitrogens is 4. The van der Waals surface area contributed by atoms with Crippen molar-refractivity contribution in [3.63, 3.8) is 0 Å². The largest absolute Gasteiger partial charge is 0.480 e. The van der Waals surface area contributed by atoms with Crippen molar-refractivity contribution in [3.8, 4) is 16.5 Å². The van der Waals surface area contributed by atoms with Gasteiger partial charge < -0.3 is 9.47 Å². The predicted molar refractivity (Wildman–Crippen MR) is 72.1 cm³/mol. The van der Waals surface area contributed by atoms with Crippen molar-refractivity contribution in [2.45, 2.75) is 6.92 Å². The van der Waals surface area contributed by atoms with Gasteiger partial charge in [-0.05, 0) is 28.1 Å². The molecule has 0 aliphatic rings. The third-order valence-corrected chi connectivity index (χ3v) is 4.44. The molecule has 0 radical (unpaired) electrons. The Hall–Kier alpha value is -1.48. The van der Waals surface area contributed by atoms with Gasteiger partial charge in [-0.1, -0.05) is 0 Å². The molecule has 0 N–H and O–H groups in total. The maximum absolute atomic E-state index is 11.2. The minimum Gasteiger partial charge on any atom is -0.480 e. The lowest BCUT2D eigenvalue weighted by atomic mass is 10.3. The van der Waals surface area contributed by atoms with Gasteiger partial charge in [-0.3, -0.25) is 0 Å². The molecule has 0 aromatic carbocycles. The number of rotatable bonds is 4. The molecular formula is C10H11BrN4O3S. The van der Waals surface area contributed by atoms with Crippen molar-refractivity contribution in [1.29, 1.82) is 0 Å². The summed E-state index contributed by atoms with van der Waals surface area (Å²) in [6.07, 6.45) is 0. The summed E-state index contributed by atoms with van der Waals surface area (Å²) in [5.41, 5.74) is 0.886. The second kappa shape index (κ2) is 5.66. The average Bonchev–Trinajstić information content (AvgIpc) is 2.93. The number of ether oxygens (including phenoxy) is 2. The van der Waals surface area contributed by atoms with E-state index in [1.807, 2.05) is 6.92 Å². The molecule has 0 aliphatic carbocycles. The van der Waals surface area contributed by atoms with E-state index in [0.717, 1.165) is 14.2 Å². The van der Waals surface area contributed by atoms with Gasteiger partial charge in [0, 0.05) is 5.56 Å². The topological polar surface area (TPSA) is 79.1 Å². The van der Waals surface area contributed by atoms with Crippen LogP contribution in [0.4, 0.5) is 0 Å². The molecule has 9 heteroatoms. The zero-order chi connectivity index (χ0) is 14.0. The van der Waals surface area contributed by atoms with Gasteiger partial charge in [0.25, 0.3) is 0 Å². The van der Waals surface area contributed by atoms with Crippen molar-refractivity contribution in [2.75, 3.05) is 13.7 Å². The smallest absolute Gasteiger partial charge is 0.343 e. The zero-order valence-corrected chi connectivity index (χ0v) is 12.9. The Bertz CT molecular complexity index is 610. The first kappa shape index (κ1) is 13.9. The highest BCUT2D eigenvalue weighted by Gasteiger charge is 2.21. The summed E-state index contributed by atoms with van der Waals surface area (Å²) in [7, 11) is 2.99. The first-order chi connectivity index (χ1) is 9.02. The summed E-state index contributed by atoms with van der Waals surface area (Å²) < 4.78 is 10.9. The van der Waals surface area contributed by atoms with Crippen LogP contribution in [0.3, 0.4) is 0 Å². The fourth-order valence-electron chi connectivity index (χ4n) is 1.36. The molecule has 2 heterocycles. The minimum absolute atomic E-state index is 0.159. The molecule has 2 rings (SSSR count). The molecule has 0 unspecified atom stereocenters.